The number of hydrogen-bond acceptors (Lipinski definition) is 3. The van der Waals surface area contributed by atoms with Crippen LogP contribution in [0.4, 0.5) is 0 Å². The van der Waals surface area contributed by atoms with Crippen LogP contribution >= 0.6 is 11.6 Å². The summed E-state index contributed by atoms with van der Waals surface area (Å²) in [7, 11) is 0. The Morgan fingerprint density at radius 2 is 0.857 bits per heavy atom. The summed E-state index contributed by atoms with van der Waals surface area (Å²) in [5.74, 6) is 0.920. The van der Waals surface area contributed by atoms with E-state index < -0.39 is 0 Å². The lowest BCUT2D eigenvalue weighted by molar-refractivity contribution is 0.975. The maximum atomic E-state index is 10.5. The van der Waals surface area contributed by atoms with Gasteiger partial charge in [-0.25, -0.2) is 0 Å². The number of hydrogen-bond donors (Lipinski definition) is 0. The lowest BCUT2D eigenvalue weighted by Gasteiger charge is -2.14. The highest BCUT2D eigenvalue weighted by Crippen LogP contribution is 2.36. The van der Waals surface area contributed by atoms with Gasteiger partial charge in [0.1, 0.15) is 11.6 Å². The van der Waals surface area contributed by atoms with Gasteiger partial charge in [0, 0.05) is 21.5 Å². The van der Waals surface area contributed by atoms with E-state index in [-0.39, 0.29) is 5.28 Å². The fourth-order valence-corrected chi connectivity index (χ4v) is 5.30. The third-order valence-electron chi connectivity index (χ3n) is 6.54. The zero-order chi connectivity index (χ0) is 23.5. The maximum absolute atomic E-state index is 10.5. The molecule has 4 aromatic carbocycles. The molecule has 35 heavy (non-hydrogen) atoms. The molecule has 0 aliphatic carbocycles. The van der Waals surface area contributed by atoms with Crippen molar-refractivity contribution in [3.05, 3.63) is 108 Å². The summed E-state index contributed by atoms with van der Waals surface area (Å²) in [4.78, 5) is 9.20. The molecule has 7 rings (SSSR count). The van der Waals surface area contributed by atoms with E-state index in [2.05, 4.69) is 40.3 Å². The molecule has 0 atom stereocenters. The van der Waals surface area contributed by atoms with Gasteiger partial charge in [-0.2, -0.15) is 15.2 Å². The van der Waals surface area contributed by atoms with Crippen LogP contribution in [0.1, 0.15) is 5.56 Å². The Morgan fingerprint density at radius 1 is 0.543 bits per heavy atom. The van der Waals surface area contributed by atoms with Crippen LogP contribution in [0.25, 0.3) is 55.2 Å². The van der Waals surface area contributed by atoms with Gasteiger partial charge in [0.2, 0.25) is 5.28 Å². The van der Waals surface area contributed by atoms with Crippen molar-refractivity contribution in [2.45, 2.75) is 0 Å². The quantitative estimate of drug-likeness (QED) is 0.251. The summed E-state index contributed by atoms with van der Waals surface area (Å²) in [6.07, 6.45) is 0. The Balaban J connectivity index is 1.66. The molecule has 0 spiro atoms. The van der Waals surface area contributed by atoms with Gasteiger partial charge >= 0.3 is 0 Å². The van der Waals surface area contributed by atoms with E-state index in [1.54, 1.807) is 0 Å². The molecule has 0 fully saturated rings. The summed E-state index contributed by atoms with van der Waals surface area (Å²) in [6.45, 7) is 0. The van der Waals surface area contributed by atoms with Crippen LogP contribution < -0.4 is 0 Å². The molecule has 3 heterocycles. The molecule has 0 aliphatic heterocycles. The Hall–Kier alpha value is -4.66. The average molecular weight is 470 g/mol. The maximum Gasteiger partial charge on any atom is 0.226 e. The third kappa shape index (κ3) is 2.75. The molecule has 7 aromatic rings. The number of nitriles is 1. The predicted molar refractivity (Wildman–Crippen MR) is 140 cm³/mol. The second-order valence-electron chi connectivity index (χ2n) is 8.37. The van der Waals surface area contributed by atoms with Gasteiger partial charge in [0.25, 0.3) is 0 Å². The van der Waals surface area contributed by atoms with E-state index in [1.165, 1.54) is 0 Å². The number of rotatable bonds is 2. The first-order valence-electron chi connectivity index (χ1n) is 11.2. The number of para-hydroxylation sites is 4. The summed E-state index contributed by atoms with van der Waals surface area (Å²) >= 11 is 6.56. The summed E-state index contributed by atoms with van der Waals surface area (Å²) in [5.41, 5.74) is 4.16. The van der Waals surface area contributed by atoms with Crippen LogP contribution in [0.5, 0.6) is 0 Å². The lowest BCUT2D eigenvalue weighted by atomic mass is 10.2. The van der Waals surface area contributed by atoms with E-state index in [0.717, 1.165) is 43.6 Å². The molecule has 0 radical (unpaired) electrons. The molecule has 6 heteroatoms. The molecule has 0 saturated heterocycles. The number of halogens is 1. The van der Waals surface area contributed by atoms with Crippen LogP contribution in [0.2, 0.25) is 5.28 Å². The molecule has 0 amide bonds. The Bertz CT molecular complexity index is 1750. The topological polar surface area (TPSA) is 59.4 Å². The van der Waals surface area contributed by atoms with Gasteiger partial charge in [0.15, 0.2) is 11.6 Å². The largest absolute Gasteiger partial charge is 0.292 e. The van der Waals surface area contributed by atoms with Gasteiger partial charge < -0.3 is 0 Å². The number of nitrogens with zero attached hydrogens (tertiary/aromatic N) is 5. The van der Waals surface area contributed by atoms with Crippen molar-refractivity contribution in [3.8, 4) is 17.7 Å². The predicted octanol–water partition coefficient (Wildman–Crippen LogP) is 7.20. The molecule has 0 bridgehead atoms. The second kappa shape index (κ2) is 7.42. The minimum atomic E-state index is 0.0812. The fraction of sp³-hybridized carbons (Fsp3) is 0. The van der Waals surface area contributed by atoms with Crippen LogP contribution in [0.3, 0.4) is 0 Å². The van der Waals surface area contributed by atoms with Gasteiger partial charge in [0.05, 0.1) is 22.1 Å². The highest BCUT2D eigenvalue weighted by molar-refractivity contribution is 6.28. The molecule has 164 valence electrons. The number of benzene rings is 4. The van der Waals surface area contributed by atoms with Crippen molar-refractivity contribution in [1.82, 2.24) is 19.1 Å². The second-order valence-corrected chi connectivity index (χ2v) is 8.70. The van der Waals surface area contributed by atoms with E-state index in [9.17, 15) is 5.26 Å². The number of fused-ring (bicyclic) bond motifs is 6. The van der Waals surface area contributed by atoms with E-state index in [0.29, 0.717) is 17.2 Å². The van der Waals surface area contributed by atoms with Crippen molar-refractivity contribution in [3.63, 3.8) is 0 Å². The Morgan fingerprint density at radius 3 is 1.17 bits per heavy atom. The highest BCUT2D eigenvalue weighted by Gasteiger charge is 2.23. The van der Waals surface area contributed by atoms with Crippen molar-refractivity contribution in [1.29, 1.82) is 5.26 Å². The minimum Gasteiger partial charge on any atom is -0.292 e. The first-order valence-corrected chi connectivity index (χ1v) is 11.6. The molecule has 5 nitrogen and oxygen atoms in total. The number of aromatic nitrogens is 4. The lowest BCUT2D eigenvalue weighted by Crippen LogP contribution is -2.09. The van der Waals surface area contributed by atoms with Crippen molar-refractivity contribution < 1.29 is 0 Å². The third-order valence-corrected chi connectivity index (χ3v) is 6.71. The van der Waals surface area contributed by atoms with Gasteiger partial charge in [-0.05, 0) is 35.9 Å². The SMILES string of the molecule is N#Cc1c(-n2c3ccccc3c3ccccc32)nc(Cl)nc1-n1c2ccccc2c2ccccc21. The standard InChI is InChI=1S/C29H16ClN5/c30-29-32-27(34-23-13-5-1-9-18(23)19-10-2-6-14-24(19)34)22(17-31)28(33-29)35-25-15-7-3-11-20(25)21-12-4-8-16-26(21)35/h1-16H. The average Bonchev–Trinajstić information content (AvgIpc) is 3.41. The molecule has 3 aromatic heterocycles. The van der Waals surface area contributed by atoms with Crippen LogP contribution in [0, 0.1) is 11.3 Å². The summed E-state index contributed by atoms with van der Waals surface area (Å²) < 4.78 is 4.02. The van der Waals surface area contributed by atoms with Gasteiger partial charge in [-0.1, -0.05) is 72.8 Å². The normalized spacial score (nSPS) is 11.5. The molecular formula is C29H16ClN5. The fourth-order valence-electron chi connectivity index (χ4n) is 5.14. The Kier molecular flexibility index (Phi) is 4.19. The first kappa shape index (κ1) is 19.8. The zero-order valence-electron chi connectivity index (χ0n) is 18.4. The summed E-state index contributed by atoms with van der Waals surface area (Å²) in [5, 5.41) is 14.9. The van der Waals surface area contributed by atoms with Crippen LogP contribution in [-0.4, -0.2) is 19.1 Å². The summed E-state index contributed by atoms with van der Waals surface area (Å²) in [6, 6.07) is 34.9. The van der Waals surface area contributed by atoms with Crippen LogP contribution in [0.15, 0.2) is 97.1 Å². The highest BCUT2D eigenvalue weighted by atomic mass is 35.5. The Labute approximate surface area is 205 Å². The van der Waals surface area contributed by atoms with Gasteiger partial charge in [-0.15, -0.1) is 0 Å². The van der Waals surface area contributed by atoms with Crippen molar-refractivity contribution in [2.24, 2.45) is 0 Å². The van der Waals surface area contributed by atoms with E-state index in [4.69, 9.17) is 11.6 Å². The van der Waals surface area contributed by atoms with E-state index >= 15 is 0 Å². The molecular weight excluding hydrogens is 454 g/mol. The molecule has 0 N–H and O–H groups in total. The van der Waals surface area contributed by atoms with Gasteiger partial charge in [-0.3, -0.25) is 9.13 Å². The molecule has 0 unspecified atom stereocenters. The minimum absolute atomic E-state index is 0.0812. The monoisotopic (exact) mass is 469 g/mol. The molecule has 0 saturated carbocycles. The molecule has 0 aliphatic rings. The van der Waals surface area contributed by atoms with Crippen molar-refractivity contribution >= 4 is 55.2 Å². The van der Waals surface area contributed by atoms with Crippen LogP contribution in [-0.2, 0) is 0 Å². The smallest absolute Gasteiger partial charge is 0.226 e. The van der Waals surface area contributed by atoms with Crippen molar-refractivity contribution in [2.75, 3.05) is 0 Å². The first-order chi connectivity index (χ1) is 17.3. The van der Waals surface area contributed by atoms with E-state index in [1.807, 2.05) is 81.9 Å². The zero-order valence-corrected chi connectivity index (χ0v) is 19.1.